The van der Waals surface area contributed by atoms with E-state index in [-0.39, 0.29) is 25.0 Å². The van der Waals surface area contributed by atoms with Crippen molar-refractivity contribution < 1.29 is 34.1 Å². The molecule has 0 fully saturated rings. The molecule has 1 rings (SSSR count). The number of rotatable bonds is 2. The average Bonchev–Trinajstić information content (AvgIpc) is 2.04. The summed E-state index contributed by atoms with van der Waals surface area (Å²) < 4.78 is 4.79. The summed E-state index contributed by atoms with van der Waals surface area (Å²) in [6.45, 7) is 0. The standard InChI is InChI=1S/C8H8O3.Zn/c1-11-7-5-3-2-4-6(7)8(9)10;/h2-5H,1H3,(H,9,10);/q;+2/p-1. The molecule has 0 unspecified atom stereocenters. The summed E-state index contributed by atoms with van der Waals surface area (Å²) in [5.74, 6) is -0.894. The van der Waals surface area contributed by atoms with E-state index in [1.807, 2.05) is 0 Å². The molecule has 0 N–H and O–H groups in total. The summed E-state index contributed by atoms with van der Waals surface area (Å²) in [7, 11) is 1.42. The Kier molecular flexibility index (Phi) is 4.52. The minimum Gasteiger partial charge on any atom is -0.545 e. The van der Waals surface area contributed by atoms with Gasteiger partial charge in [-0.2, -0.15) is 0 Å². The van der Waals surface area contributed by atoms with E-state index >= 15 is 0 Å². The molecule has 0 bridgehead atoms. The Balaban J connectivity index is 0.00000121. The molecule has 0 aliphatic rings. The number of methoxy groups -OCH3 is 1. The number of benzene rings is 1. The maximum absolute atomic E-state index is 10.4. The van der Waals surface area contributed by atoms with E-state index in [1.165, 1.54) is 13.2 Å². The van der Waals surface area contributed by atoms with Gasteiger partial charge in [0.2, 0.25) is 0 Å². The number of carbonyl (C=O) groups is 1. The van der Waals surface area contributed by atoms with E-state index in [4.69, 9.17) is 4.74 Å². The number of para-hydroxylation sites is 1. The minimum atomic E-state index is -1.22. The minimum absolute atomic E-state index is 0. The molecule has 0 radical (unpaired) electrons. The van der Waals surface area contributed by atoms with Crippen LogP contribution in [0.15, 0.2) is 24.3 Å². The molecule has 58 valence electrons. The third-order valence-electron chi connectivity index (χ3n) is 1.33. The maximum Gasteiger partial charge on any atom is 2.00 e. The molecule has 0 saturated carbocycles. The molecule has 0 aliphatic heterocycles. The van der Waals surface area contributed by atoms with Gasteiger partial charge in [-0.25, -0.2) is 0 Å². The van der Waals surface area contributed by atoms with Crippen molar-refractivity contribution >= 4 is 5.97 Å². The molecule has 1 aromatic carbocycles. The second-order valence-electron chi connectivity index (χ2n) is 1.99. The van der Waals surface area contributed by atoms with Crippen LogP contribution < -0.4 is 9.84 Å². The van der Waals surface area contributed by atoms with Gasteiger partial charge in [-0.05, 0) is 12.1 Å². The molecular weight excluding hydrogens is 209 g/mol. The van der Waals surface area contributed by atoms with Gasteiger partial charge in [-0.1, -0.05) is 12.1 Å². The Morgan fingerprint density at radius 2 is 2.00 bits per heavy atom. The van der Waals surface area contributed by atoms with E-state index in [2.05, 4.69) is 0 Å². The normalized spacial score (nSPS) is 8.42. The van der Waals surface area contributed by atoms with E-state index in [9.17, 15) is 9.90 Å². The van der Waals surface area contributed by atoms with Gasteiger partial charge in [0.15, 0.2) is 0 Å². The van der Waals surface area contributed by atoms with Gasteiger partial charge in [0.05, 0.1) is 13.1 Å². The Bertz CT molecular complexity index is 273. The van der Waals surface area contributed by atoms with Crippen LogP contribution in [0.5, 0.6) is 5.75 Å². The third-order valence-corrected chi connectivity index (χ3v) is 1.33. The summed E-state index contributed by atoms with van der Waals surface area (Å²) in [6.07, 6.45) is 0. The molecule has 0 amide bonds. The van der Waals surface area contributed by atoms with Crippen molar-refractivity contribution in [3.8, 4) is 5.75 Å². The van der Waals surface area contributed by atoms with Crippen molar-refractivity contribution in [1.29, 1.82) is 0 Å². The topological polar surface area (TPSA) is 49.4 Å². The predicted molar refractivity (Wildman–Crippen MR) is 37.3 cm³/mol. The van der Waals surface area contributed by atoms with Crippen LogP contribution in [0.3, 0.4) is 0 Å². The van der Waals surface area contributed by atoms with E-state index < -0.39 is 5.97 Å². The maximum atomic E-state index is 10.4. The number of carboxylic acid groups (broad SMARTS) is 1. The van der Waals surface area contributed by atoms with Crippen molar-refractivity contribution in [1.82, 2.24) is 0 Å². The summed E-state index contributed by atoms with van der Waals surface area (Å²) in [6, 6.07) is 6.33. The zero-order valence-electron chi connectivity index (χ0n) is 6.74. The van der Waals surface area contributed by atoms with Crippen LogP contribution in [-0.2, 0) is 19.5 Å². The molecule has 0 aromatic heterocycles. The van der Waals surface area contributed by atoms with Gasteiger partial charge in [0.25, 0.3) is 0 Å². The van der Waals surface area contributed by atoms with Crippen LogP contribution in [0.2, 0.25) is 0 Å². The third kappa shape index (κ3) is 2.31. The molecule has 1 aromatic rings. The smallest absolute Gasteiger partial charge is 0.545 e. The molecule has 0 heterocycles. The van der Waals surface area contributed by atoms with Crippen molar-refractivity contribution in [2.24, 2.45) is 0 Å². The Morgan fingerprint density at radius 1 is 1.42 bits per heavy atom. The van der Waals surface area contributed by atoms with E-state index in [1.54, 1.807) is 18.2 Å². The average molecular weight is 217 g/mol. The SMILES string of the molecule is COc1ccccc1C(=O)[O-].[Zn+2]. The number of carboxylic acids is 1. The summed E-state index contributed by atoms with van der Waals surface area (Å²) in [4.78, 5) is 10.4. The molecule has 3 nitrogen and oxygen atoms in total. The van der Waals surface area contributed by atoms with Gasteiger partial charge in [-0.3, -0.25) is 0 Å². The number of aromatic carboxylic acids is 1. The Hall–Kier alpha value is -0.887. The van der Waals surface area contributed by atoms with Crippen molar-refractivity contribution in [2.75, 3.05) is 7.11 Å². The molecule has 12 heavy (non-hydrogen) atoms. The van der Waals surface area contributed by atoms with Crippen LogP contribution in [0.4, 0.5) is 0 Å². The fraction of sp³-hybridized carbons (Fsp3) is 0.125. The first-order valence-corrected chi connectivity index (χ1v) is 3.10. The number of ether oxygens (including phenoxy) is 1. The van der Waals surface area contributed by atoms with Gasteiger partial charge in [-0.15, -0.1) is 0 Å². The van der Waals surface area contributed by atoms with Crippen LogP contribution in [0.25, 0.3) is 0 Å². The van der Waals surface area contributed by atoms with Crippen LogP contribution in [-0.4, -0.2) is 13.1 Å². The van der Waals surface area contributed by atoms with Gasteiger partial charge in [0.1, 0.15) is 5.75 Å². The Morgan fingerprint density at radius 3 is 2.42 bits per heavy atom. The van der Waals surface area contributed by atoms with Gasteiger partial charge in [0, 0.05) is 5.56 Å². The molecule has 0 spiro atoms. The number of hydrogen-bond acceptors (Lipinski definition) is 3. The van der Waals surface area contributed by atoms with Crippen LogP contribution in [0.1, 0.15) is 10.4 Å². The first kappa shape index (κ1) is 11.1. The zero-order chi connectivity index (χ0) is 8.27. The molecule has 0 saturated heterocycles. The van der Waals surface area contributed by atoms with Crippen molar-refractivity contribution in [2.45, 2.75) is 0 Å². The van der Waals surface area contributed by atoms with Gasteiger partial charge < -0.3 is 14.6 Å². The van der Waals surface area contributed by atoms with Crippen molar-refractivity contribution in [3.05, 3.63) is 29.8 Å². The zero-order valence-corrected chi connectivity index (χ0v) is 9.71. The van der Waals surface area contributed by atoms with E-state index in [0.717, 1.165) is 0 Å². The largest absolute Gasteiger partial charge is 2.00 e. The first-order valence-electron chi connectivity index (χ1n) is 3.10. The second kappa shape index (κ2) is 4.88. The fourth-order valence-electron chi connectivity index (χ4n) is 0.813. The molecule has 4 heteroatoms. The van der Waals surface area contributed by atoms with Crippen molar-refractivity contribution in [3.63, 3.8) is 0 Å². The Labute approximate surface area is 83.1 Å². The number of hydrogen-bond donors (Lipinski definition) is 0. The summed E-state index contributed by atoms with van der Waals surface area (Å²) >= 11 is 0. The van der Waals surface area contributed by atoms with Crippen LogP contribution >= 0.6 is 0 Å². The predicted octanol–water partition coefficient (Wildman–Crippen LogP) is 0.0562. The molecule has 0 aliphatic carbocycles. The summed E-state index contributed by atoms with van der Waals surface area (Å²) in [5.41, 5.74) is 0.0787. The summed E-state index contributed by atoms with van der Waals surface area (Å²) in [5, 5.41) is 10.4. The van der Waals surface area contributed by atoms with Gasteiger partial charge >= 0.3 is 19.5 Å². The van der Waals surface area contributed by atoms with Crippen LogP contribution in [0, 0.1) is 0 Å². The second-order valence-corrected chi connectivity index (χ2v) is 1.99. The monoisotopic (exact) mass is 215 g/mol. The first-order chi connectivity index (χ1) is 5.25. The fourth-order valence-corrected chi connectivity index (χ4v) is 0.813. The molecular formula is C8H7O3Zn+. The quantitative estimate of drug-likeness (QED) is 0.657. The number of carbonyl (C=O) groups excluding carboxylic acids is 1. The van der Waals surface area contributed by atoms with E-state index in [0.29, 0.717) is 5.75 Å². The molecule has 0 atom stereocenters.